The number of amides is 1. The third-order valence-electron chi connectivity index (χ3n) is 3.77. The Balaban J connectivity index is 1.51. The Bertz CT molecular complexity index is 909. The van der Waals surface area contributed by atoms with Crippen LogP contribution in [0.2, 0.25) is 0 Å². The Hall–Kier alpha value is -2.80. The summed E-state index contributed by atoms with van der Waals surface area (Å²) in [5.41, 5.74) is 3.01. The number of ether oxygens (including phenoxy) is 1. The van der Waals surface area contributed by atoms with Gasteiger partial charge >= 0.3 is 0 Å². The third-order valence-corrected chi connectivity index (χ3v) is 4.70. The highest BCUT2D eigenvalue weighted by Crippen LogP contribution is 2.23. The van der Waals surface area contributed by atoms with Gasteiger partial charge in [-0.3, -0.25) is 4.79 Å². The van der Waals surface area contributed by atoms with Crippen molar-refractivity contribution in [3.63, 3.8) is 0 Å². The van der Waals surface area contributed by atoms with Gasteiger partial charge in [-0.15, -0.1) is 10.2 Å². The molecule has 2 aromatic carbocycles. The maximum atomic E-state index is 12.3. The van der Waals surface area contributed by atoms with E-state index in [1.807, 2.05) is 62.4 Å². The zero-order chi connectivity index (χ0) is 19.2. The summed E-state index contributed by atoms with van der Waals surface area (Å²) >= 11 is 1.21. The number of anilines is 1. The maximum Gasteiger partial charge on any atom is 0.277 e. The number of hydrogen-bond donors (Lipinski definition) is 1. The first kappa shape index (κ1) is 19.0. The number of thioether (sulfide) groups is 1. The smallest absolute Gasteiger partial charge is 0.277 e. The van der Waals surface area contributed by atoms with E-state index in [-0.39, 0.29) is 17.8 Å². The maximum absolute atomic E-state index is 12.3. The molecule has 27 heavy (non-hydrogen) atoms. The molecule has 0 unspecified atom stereocenters. The first-order chi connectivity index (χ1) is 13.0. The van der Waals surface area contributed by atoms with Crippen molar-refractivity contribution in [3.8, 4) is 5.75 Å². The highest BCUT2D eigenvalue weighted by molar-refractivity contribution is 8.00. The summed E-state index contributed by atoms with van der Waals surface area (Å²) in [6.07, 6.45) is 0. The quantitative estimate of drug-likeness (QED) is 0.610. The Morgan fingerprint density at radius 3 is 2.67 bits per heavy atom. The largest absolute Gasteiger partial charge is 0.484 e. The normalized spacial score (nSPS) is 11.8. The van der Waals surface area contributed by atoms with Crippen LogP contribution in [0, 0.1) is 13.8 Å². The number of rotatable bonds is 7. The predicted octanol–water partition coefficient (Wildman–Crippen LogP) is 4.38. The molecule has 3 aromatic rings. The van der Waals surface area contributed by atoms with Gasteiger partial charge in [0.2, 0.25) is 5.91 Å². The molecular weight excluding hydrogens is 362 g/mol. The minimum absolute atomic E-state index is 0.125. The second kappa shape index (κ2) is 8.73. The van der Waals surface area contributed by atoms with Crippen molar-refractivity contribution in [1.29, 1.82) is 0 Å². The van der Waals surface area contributed by atoms with E-state index >= 15 is 0 Å². The van der Waals surface area contributed by atoms with E-state index in [4.69, 9.17) is 9.15 Å². The molecule has 1 heterocycles. The van der Waals surface area contributed by atoms with Crippen LogP contribution >= 0.6 is 11.8 Å². The van der Waals surface area contributed by atoms with Crippen molar-refractivity contribution < 1.29 is 13.9 Å². The van der Waals surface area contributed by atoms with Crippen LogP contribution in [-0.2, 0) is 11.4 Å². The SMILES string of the molecule is Cc1ccc(NC(=O)[C@H](C)Sc2nnc(COc3cccc(C)c3)o2)cc1. The van der Waals surface area contributed by atoms with Gasteiger partial charge in [0.25, 0.3) is 11.1 Å². The van der Waals surface area contributed by atoms with Crippen LogP contribution in [0.4, 0.5) is 5.69 Å². The molecule has 0 aliphatic carbocycles. The van der Waals surface area contributed by atoms with Crippen LogP contribution in [0.3, 0.4) is 0 Å². The van der Waals surface area contributed by atoms with Gasteiger partial charge in [-0.05, 0) is 50.6 Å². The molecule has 0 bridgehead atoms. The van der Waals surface area contributed by atoms with Crippen molar-refractivity contribution in [2.24, 2.45) is 0 Å². The van der Waals surface area contributed by atoms with Gasteiger partial charge in [0.1, 0.15) is 5.75 Å². The lowest BCUT2D eigenvalue weighted by Gasteiger charge is -2.10. The average molecular weight is 383 g/mol. The molecule has 0 saturated heterocycles. The van der Waals surface area contributed by atoms with E-state index in [2.05, 4.69) is 15.5 Å². The number of hydrogen-bond acceptors (Lipinski definition) is 6. The van der Waals surface area contributed by atoms with Crippen molar-refractivity contribution >= 4 is 23.4 Å². The number of aromatic nitrogens is 2. The highest BCUT2D eigenvalue weighted by Gasteiger charge is 2.18. The molecule has 1 aromatic heterocycles. The van der Waals surface area contributed by atoms with E-state index in [0.717, 1.165) is 22.6 Å². The lowest BCUT2D eigenvalue weighted by atomic mass is 10.2. The van der Waals surface area contributed by atoms with Crippen molar-refractivity contribution in [2.75, 3.05) is 5.32 Å². The van der Waals surface area contributed by atoms with Crippen LogP contribution in [0.5, 0.6) is 5.75 Å². The molecular formula is C20H21N3O3S. The van der Waals surface area contributed by atoms with Gasteiger partial charge in [-0.1, -0.05) is 41.6 Å². The highest BCUT2D eigenvalue weighted by atomic mass is 32.2. The minimum Gasteiger partial charge on any atom is -0.484 e. The van der Waals surface area contributed by atoms with E-state index in [1.165, 1.54) is 11.8 Å². The number of nitrogens with one attached hydrogen (secondary N) is 1. The molecule has 1 atom stereocenters. The number of aryl methyl sites for hydroxylation is 2. The molecule has 0 aliphatic rings. The molecule has 0 spiro atoms. The van der Waals surface area contributed by atoms with Crippen molar-refractivity contribution in [3.05, 3.63) is 65.5 Å². The molecule has 140 valence electrons. The first-order valence-electron chi connectivity index (χ1n) is 8.55. The summed E-state index contributed by atoms with van der Waals surface area (Å²) in [6, 6.07) is 15.4. The van der Waals surface area contributed by atoms with Crippen LogP contribution in [0.15, 0.2) is 58.2 Å². The lowest BCUT2D eigenvalue weighted by molar-refractivity contribution is -0.115. The molecule has 7 heteroatoms. The van der Waals surface area contributed by atoms with E-state index in [0.29, 0.717) is 11.1 Å². The number of benzene rings is 2. The Labute approximate surface area is 162 Å². The van der Waals surface area contributed by atoms with E-state index in [9.17, 15) is 4.79 Å². The van der Waals surface area contributed by atoms with Crippen LogP contribution in [-0.4, -0.2) is 21.4 Å². The number of carbonyl (C=O) groups is 1. The molecule has 0 fully saturated rings. The summed E-state index contributed by atoms with van der Waals surface area (Å²) in [6.45, 7) is 5.97. The summed E-state index contributed by atoms with van der Waals surface area (Å²) < 4.78 is 11.2. The topological polar surface area (TPSA) is 77.2 Å². The first-order valence-corrected chi connectivity index (χ1v) is 9.43. The fourth-order valence-electron chi connectivity index (χ4n) is 2.28. The van der Waals surface area contributed by atoms with Gasteiger partial charge in [0.05, 0.1) is 5.25 Å². The van der Waals surface area contributed by atoms with Crippen LogP contribution < -0.4 is 10.1 Å². The van der Waals surface area contributed by atoms with E-state index in [1.54, 1.807) is 6.92 Å². The second-order valence-electron chi connectivity index (χ2n) is 6.18. The summed E-state index contributed by atoms with van der Waals surface area (Å²) in [5.74, 6) is 0.984. The average Bonchev–Trinajstić information content (AvgIpc) is 3.09. The number of carbonyl (C=O) groups excluding carboxylic acids is 1. The molecule has 6 nitrogen and oxygen atoms in total. The van der Waals surface area contributed by atoms with Gasteiger partial charge in [0.15, 0.2) is 6.61 Å². The molecule has 3 rings (SSSR count). The van der Waals surface area contributed by atoms with Gasteiger partial charge in [0, 0.05) is 5.69 Å². The summed E-state index contributed by atoms with van der Waals surface area (Å²) in [7, 11) is 0. The standard InChI is InChI=1S/C20H21N3O3S/c1-13-7-9-16(10-8-13)21-19(24)15(3)27-20-23-22-18(26-20)12-25-17-6-4-5-14(2)11-17/h4-11,15H,12H2,1-3H3,(H,21,24)/t15-/m0/s1. The fraction of sp³-hybridized carbons (Fsp3) is 0.250. The fourth-order valence-corrected chi connectivity index (χ4v) is 2.98. The molecule has 0 aliphatic heterocycles. The summed E-state index contributed by atoms with van der Waals surface area (Å²) in [4.78, 5) is 12.3. The minimum atomic E-state index is -0.378. The second-order valence-corrected chi connectivity index (χ2v) is 7.47. The zero-order valence-electron chi connectivity index (χ0n) is 15.4. The molecule has 1 amide bonds. The van der Waals surface area contributed by atoms with Gasteiger partial charge in [-0.2, -0.15) is 0 Å². The zero-order valence-corrected chi connectivity index (χ0v) is 16.2. The van der Waals surface area contributed by atoms with Gasteiger partial charge in [-0.25, -0.2) is 0 Å². The Morgan fingerprint density at radius 2 is 1.93 bits per heavy atom. The molecule has 0 saturated carbocycles. The molecule has 1 N–H and O–H groups in total. The third kappa shape index (κ3) is 5.59. The predicted molar refractivity (Wildman–Crippen MR) is 105 cm³/mol. The van der Waals surface area contributed by atoms with Crippen molar-refractivity contribution in [1.82, 2.24) is 10.2 Å². The Morgan fingerprint density at radius 1 is 1.15 bits per heavy atom. The van der Waals surface area contributed by atoms with Crippen molar-refractivity contribution in [2.45, 2.75) is 37.9 Å². The van der Waals surface area contributed by atoms with Crippen LogP contribution in [0.1, 0.15) is 23.9 Å². The van der Waals surface area contributed by atoms with E-state index < -0.39 is 0 Å². The monoisotopic (exact) mass is 383 g/mol. The number of nitrogens with zero attached hydrogens (tertiary/aromatic N) is 2. The molecule has 0 radical (unpaired) electrons. The summed E-state index contributed by atoms with van der Waals surface area (Å²) in [5, 5.41) is 10.8. The van der Waals surface area contributed by atoms with Crippen LogP contribution in [0.25, 0.3) is 0 Å². The Kier molecular flexibility index (Phi) is 6.13. The lowest BCUT2D eigenvalue weighted by Crippen LogP contribution is -2.22. The van der Waals surface area contributed by atoms with Gasteiger partial charge < -0.3 is 14.5 Å².